The van der Waals surface area contributed by atoms with Crippen LogP contribution in [-0.2, 0) is 9.59 Å². The molecule has 0 radical (unpaired) electrons. The maximum Gasteiger partial charge on any atom is 0.294 e. The molecule has 36 heavy (non-hydrogen) atoms. The van der Waals surface area contributed by atoms with Crippen molar-refractivity contribution in [1.29, 1.82) is 0 Å². The van der Waals surface area contributed by atoms with Gasteiger partial charge in [0, 0.05) is 27.2 Å². The van der Waals surface area contributed by atoms with Gasteiger partial charge in [0.2, 0.25) is 5.91 Å². The van der Waals surface area contributed by atoms with Crippen LogP contribution in [0.4, 0.5) is 10.5 Å². The Morgan fingerprint density at radius 3 is 2.47 bits per heavy atom. The van der Waals surface area contributed by atoms with Crippen molar-refractivity contribution in [3.8, 4) is 11.4 Å². The van der Waals surface area contributed by atoms with Crippen molar-refractivity contribution in [1.82, 2.24) is 9.47 Å². The van der Waals surface area contributed by atoms with Crippen LogP contribution in [0.25, 0.3) is 11.8 Å². The zero-order valence-corrected chi connectivity index (χ0v) is 22.8. The average molecular weight is 568 g/mol. The highest BCUT2D eigenvalue weighted by molar-refractivity contribution is 9.10. The van der Waals surface area contributed by atoms with Crippen molar-refractivity contribution in [2.75, 3.05) is 18.5 Å². The number of aromatic nitrogens is 1. The van der Waals surface area contributed by atoms with E-state index in [1.165, 1.54) is 0 Å². The standard InChI is InChI=1S/C27H26BrN3O4S/c1-5-35-22-9-6-20(7-10-22)29-25(32)15-30-26(33)24(36-27(30)34)14-19-13-17(3)31(18(19)4)21-8-11-23(28)16(2)12-21/h6-14H,5,15H2,1-4H3,(H,29,32)/b24-14+. The summed E-state index contributed by atoms with van der Waals surface area (Å²) >= 11 is 4.38. The number of carbonyl (C=O) groups is 3. The lowest BCUT2D eigenvalue weighted by atomic mass is 10.2. The topological polar surface area (TPSA) is 80.6 Å². The molecule has 186 valence electrons. The van der Waals surface area contributed by atoms with E-state index >= 15 is 0 Å². The fourth-order valence-electron chi connectivity index (χ4n) is 4.02. The van der Waals surface area contributed by atoms with Crippen molar-refractivity contribution in [3.63, 3.8) is 0 Å². The number of halogens is 1. The Labute approximate surface area is 222 Å². The average Bonchev–Trinajstić information content (AvgIpc) is 3.26. The molecule has 0 spiro atoms. The number of hydrogen-bond donors (Lipinski definition) is 1. The molecule has 0 unspecified atom stereocenters. The molecular formula is C27H26BrN3O4S. The summed E-state index contributed by atoms with van der Waals surface area (Å²) in [6.45, 7) is 8.09. The predicted molar refractivity (Wildman–Crippen MR) is 147 cm³/mol. The molecule has 1 aliphatic heterocycles. The normalized spacial score (nSPS) is 14.6. The number of nitrogens with one attached hydrogen (secondary N) is 1. The Balaban J connectivity index is 1.49. The van der Waals surface area contributed by atoms with E-state index in [9.17, 15) is 14.4 Å². The predicted octanol–water partition coefficient (Wildman–Crippen LogP) is 6.24. The van der Waals surface area contributed by atoms with E-state index in [1.54, 1.807) is 30.3 Å². The fraction of sp³-hybridized carbons (Fsp3) is 0.222. The summed E-state index contributed by atoms with van der Waals surface area (Å²) < 4.78 is 8.54. The van der Waals surface area contributed by atoms with E-state index in [4.69, 9.17) is 4.74 Å². The molecule has 1 aromatic heterocycles. The molecule has 4 rings (SSSR count). The zero-order valence-electron chi connectivity index (χ0n) is 20.4. The molecule has 3 amide bonds. The molecule has 1 aliphatic rings. The Morgan fingerprint density at radius 1 is 1.08 bits per heavy atom. The summed E-state index contributed by atoms with van der Waals surface area (Å²) in [7, 11) is 0. The minimum absolute atomic E-state index is 0.293. The first-order valence-corrected chi connectivity index (χ1v) is 13.0. The zero-order chi connectivity index (χ0) is 26.0. The second kappa shape index (κ2) is 10.8. The van der Waals surface area contributed by atoms with Crippen molar-refractivity contribution in [2.45, 2.75) is 27.7 Å². The monoisotopic (exact) mass is 567 g/mol. The number of rotatable bonds is 7. The van der Waals surface area contributed by atoms with Crippen LogP contribution in [0.1, 0.15) is 29.4 Å². The molecule has 3 aromatic rings. The van der Waals surface area contributed by atoms with E-state index < -0.39 is 17.1 Å². The summed E-state index contributed by atoms with van der Waals surface area (Å²) in [5, 5.41) is 2.25. The van der Waals surface area contributed by atoms with Gasteiger partial charge in [-0.2, -0.15) is 0 Å². The van der Waals surface area contributed by atoms with Crippen LogP contribution < -0.4 is 10.1 Å². The Bertz CT molecular complexity index is 1380. The Kier molecular flexibility index (Phi) is 7.70. The number of amides is 3. The van der Waals surface area contributed by atoms with Crippen molar-refractivity contribution in [2.24, 2.45) is 0 Å². The quantitative estimate of drug-likeness (QED) is 0.342. The van der Waals surface area contributed by atoms with Crippen molar-refractivity contribution < 1.29 is 19.1 Å². The van der Waals surface area contributed by atoms with Gasteiger partial charge in [-0.25, -0.2) is 0 Å². The second-order valence-corrected chi connectivity index (χ2v) is 10.2. The van der Waals surface area contributed by atoms with Crippen molar-refractivity contribution >= 4 is 56.5 Å². The number of nitrogens with zero attached hydrogens (tertiary/aromatic N) is 2. The first kappa shape index (κ1) is 25.8. The van der Waals surface area contributed by atoms with Crippen LogP contribution in [0.3, 0.4) is 0 Å². The summed E-state index contributed by atoms with van der Waals surface area (Å²) in [5.41, 5.74) is 5.50. The third-order valence-electron chi connectivity index (χ3n) is 5.78. The molecule has 1 fully saturated rings. The molecule has 2 heterocycles. The molecule has 1 saturated heterocycles. The Hall–Kier alpha value is -3.30. The molecule has 0 atom stereocenters. The maximum absolute atomic E-state index is 13.0. The van der Waals surface area contributed by atoms with E-state index in [-0.39, 0.29) is 6.54 Å². The highest BCUT2D eigenvalue weighted by Crippen LogP contribution is 2.34. The van der Waals surface area contributed by atoms with E-state index in [1.807, 2.05) is 45.9 Å². The molecule has 0 saturated carbocycles. The van der Waals surface area contributed by atoms with Crippen molar-refractivity contribution in [3.05, 3.63) is 80.4 Å². The van der Waals surface area contributed by atoms with Gasteiger partial charge in [-0.15, -0.1) is 0 Å². The van der Waals surface area contributed by atoms with Gasteiger partial charge in [0.05, 0.1) is 11.5 Å². The lowest BCUT2D eigenvalue weighted by Gasteiger charge is -2.13. The number of imide groups is 1. The van der Waals surface area contributed by atoms with Gasteiger partial charge >= 0.3 is 0 Å². The third-order valence-corrected chi connectivity index (χ3v) is 7.58. The fourth-order valence-corrected chi connectivity index (χ4v) is 5.10. The molecule has 1 N–H and O–H groups in total. The van der Waals surface area contributed by atoms with Crippen LogP contribution in [0, 0.1) is 20.8 Å². The summed E-state index contributed by atoms with van der Waals surface area (Å²) in [5.74, 6) is -0.233. The first-order valence-electron chi connectivity index (χ1n) is 11.4. The number of carbonyl (C=O) groups excluding carboxylic acids is 3. The number of ether oxygens (including phenoxy) is 1. The largest absolute Gasteiger partial charge is 0.494 e. The van der Waals surface area contributed by atoms with Crippen LogP contribution in [0.15, 0.2) is 57.9 Å². The smallest absolute Gasteiger partial charge is 0.294 e. The van der Waals surface area contributed by atoms with Crippen LogP contribution in [0.5, 0.6) is 5.75 Å². The minimum Gasteiger partial charge on any atom is -0.494 e. The molecule has 2 aromatic carbocycles. The highest BCUT2D eigenvalue weighted by atomic mass is 79.9. The molecule has 7 nitrogen and oxygen atoms in total. The number of thioether (sulfide) groups is 1. The lowest BCUT2D eigenvalue weighted by molar-refractivity contribution is -0.127. The van der Waals surface area contributed by atoms with E-state index in [0.717, 1.165) is 49.3 Å². The number of aryl methyl sites for hydroxylation is 2. The van der Waals surface area contributed by atoms with Gasteiger partial charge in [-0.05, 0) is 105 Å². The minimum atomic E-state index is -0.476. The van der Waals surface area contributed by atoms with E-state index in [2.05, 4.69) is 31.9 Å². The number of anilines is 1. The molecule has 9 heteroatoms. The number of hydrogen-bond acceptors (Lipinski definition) is 5. The van der Waals surface area contributed by atoms with Gasteiger partial charge in [0.1, 0.15) is 12.3 Å². The summed E-state index contributed by atoms with van der Waals surface area (Å²) in [6.07, 6.45) is 1.72. The van der Waals surface area contributed by atoms with E-state index in [0.29, 0.717) is 22.9 Å². The maximum atomic E-state index is 13.0. The van der Waals surface area contributed by atoms with Crippen LogP contribution in [-0.4, -0.2) is 39.7 Å². The summed E-state index contributed by atoms with van der Waals surface area (Å²) in [4.78, 5) is 39.3. The van der Waals surface area contributed by atoms with Gasteiger partial charge < -0.3 is 14.6 Å². The van der Waals surface area contributed by atoms with Gasteiger partial charge in [0.25, 0.3) is 11.1 Å². The third kappa shape index (κ3) is 5.42. The SMILES string of the molecule is CCOc1ccc(NC(=O)CN2C(=O)S/C(=C/c3cc(C)n(-c4ccc(Br)c(C)c4)c3C)C2=O)cc1. The van der Waals surface area contributed by atoms with Crippen LogP contribution >= 0.6 is 27.7 Å². The Morgan fingerprint density at radius 2 is 1.81 bits per heavy atom. The van der Waals surface area contributed by atoms with Gasteiger partial charge in [-0.1, -0.05) is 15.9 Å². The van der Waals surface area contributed by atoms with Gasteiger partial charge in [0.15, 0.2) is 0 Å². The van der Waals surface area contributed by atoms with Crippen LogP contribution in [0.2, 0.25) is 0 Å². The summed E-state index contributed by atoms with van der Waals surface area (Å²) in [6, 6.07) is 15.0. The van der Waals surface area contributed by atoms with Gasteiger partial charge in [-0.3, -0.25) is 19.3 Å². The number of benzene rings is 2. The second-order valence-electron chi connectivity index (χ2n) is 8.37. The molecular weight excluding hydrogens is 542 g/mol. The molecule has 0 bridgehead atoms. The first-order chi connectivity index (χ1) is 17.2. The lowest BCUT2D eigenvalue weighted by Crippen LogP contribution is -2.36. The molecule has 0 aliphatic carbocycles. The highest BCUT2D eigenvalue weighted by Gasteiger charge is 2.36.